The van der Waals surface area contributed by atoms with Crippen molar-refractivity contribution in [3.8, 4) is 11.8 Å². The molecule has 0 spiro atoms. The lowest BCUT2D eigenvalue weighted by Gasteiger charge is -2.12. The molecule has 0 aliphatic carbocycles. The molecule has 9 heteroatoms. The normalized spacial score (nSPS) is 10.5. The Bertz CT molecular complexity index is 1280. The maximum absolute atomic E-state index is 12.7. The molecule has 0 fully saturated rings. The highest BCUT2D eigenvalue weighted by Crippen LogP contribution is 2.20. The van der Waals surface area contributed by atoms with Crippen LogP contribution in [0.3, 0.4) is 0 Å². The van der Waals surface area contributed by atoms with E-state index < -0.39 is 15.9 Å². The molecular weight excluding hydrogens is 428 g/mol. The number of nitrogens with zero attached hydrogens (tertiary/aromatic N) is 1. The number of hydrogen-bond acceptors (Lipinski definition) is 6. The molecule has 0 heterocycles. The van der Waals surface area contributed by atoms with Crippen LogP contribution in [0.15, 0.2) is 84.3 Å². The van der Waals surface area contributed by atoms with Gasteiger partial charge in [-0.2, -0.15) is 5.26 Å². The number of anilines is 1. The van der Waals surface area contributed by atoms with Gasteiger partial charge < -0.3 is 4.74 Å². The quantitative estimate of drug-likeness (QED) is 0.455. The summed E-state index contributed by atoms with van der Waals surface area (Å²) in [4.78, 5) is 12.4. The number of rotatable bonds is 8. The summed E-state index contributed by atoms with van der Waals surface area (Å²) in [6, 6.07) is 20.7. The van der Waals surface area contributed by atoms with Gasteiger partial charge in [0.15, 0.2) is 0 Å². The second kappa shape index (κ2) is 9.68. The Morgan fingerprint density at radius 1 is 0.969 bits per heavy atom. The van der Waals surface area contributed by atoms with Crippen molar-refractivity contribution in [3.05, 3.63) is 96.1 Å². The van der Waals surface area contributed by atoms with E-state index in [0.29, 0.717) is 28.3 Å². The van der Waals surface area contributed by atoms with Crippen LogP contribution in [0.25, 0.3) is 5.70 Å². The molecule has 3 rings (SSSR count). The van der Waals surface area contributed by atoms with Gasteiger partial charge in [0, 0.05) is 11.3 Å². The third-order valence-electron chi connectivity index (χ3n) is 4.44. The zero-order valence-corrected chi connectivity index (χ0v) is 17.9. The molecule has 32 heavy (non-hydrogen) atoms. The van der Waals surface area contributed by atoms with Crippen molar-refractivity contribution < 1.29 is 17.9 Å². The number of methoxy groups -OCH3 is 1. The zero-order valence-electron chi connectivity index (χ0n) is 17.1. The van der Waals surface area contributed by atoms with Crippen LogP contribution in [-0.2, 0) is 10.0 Å². The summed E-state index contributed by atoms with van der Waals surface area (Å²) < 4.78 is 32.9. The average Bonchev–Trinajstić information content (AvgIpc) is 2.82. The van der Waals surface area contributed by atoms with E-state index in [1.807, 2.05) is 6.07 Å². The van der Waals surface area contributed by atoms with Gasteiger partial charge in [0.25, 0.3) is 15.9 Å². The van der Waals surface area contributed by atoms with Crippen molar-refractivity contribution >= 4 is 27.3 Å². The summed E-state index contributed by atoms with van der Waals surface area (Å²) in [6.45, 7) is 3.84. The first-order valence-electron chi connectivity index (χ1n) is 9.35. The first kappa shape index (κ1) is 22.4. The second-order valence-corrected chi connectivity index (χ2v) is 8.29. The standard InChI is InChI=1S/C23H20N4O4S/c1-16(18-8-6-17(15-24)7-9-18)25-26-23(28)19-4-3-5-22(14-19)32(29,30)27-20-10-12-21(31-2)13-11-20/h3-14,25,27H,1H2,2H3,(H,26,28). The van der Waals surface area contributed by atoms with Crippen LogP contribution in [0, 0.1) is 11.3 Å². The molecule has 8 nitrogen and oxygen atoms in total. The smallest absolute Gasteiger partial charge is 0.269 e. The lowest BCUT2D eigenvalue weighted by molar-refractivity contribution is 0.0942. The summed E-state index contributed by atoms with van der Waals surface area (Å²) in [5, 5.41) is 8.86. The highest BCUT2D eigenvalue weighted by Gasteiger charge is 2.17. The monoisotopic (exact) mass is 448 g/mol. The van der Waals surface area contributed by atoms with Gasteiger partial charge in [-0.1, -0.05) is 24.8 Å². The van der Waals surface area contributed by atoms with Crippen LogP contribution in [0.1, 0.15) is 21.5 Å². The molecule has 0 aliphatic heterocycles. The summed E-state index contributed by atoms with van der Waals surface area (Å²) >= 11 is 0. The molecule has 0 atom stereocenters. The van der Waals surface area contributed by atoms with E-state index in [4.69, 9.17) is 10.00 Å². The Morgan fingerprint density at radius 3 is 2.28 bits per heavy atom. The molecule has 3 N–H and O–H groups in total. The number of hydrazine groups is 1. The first-order chi connectivity index (χ1) is 15.3. The topological polar surface area (TPSA) is 120 Å². The molecule has 0 unspecified atom stereocenters. The van der Waals surface area contributed by atoms with Crippen LogP contribution < -0.4 is 20.3 Å². The van der Waals surface area contributed by atoms with E-state index in [-0.39, 0.29) is 10.5 Å². The van der Waals surface area contributed by atoms with Gasteiger partial charge in [-0.25, -0.2) is 8.42 Å². The van der Waals surface area contributed by atoms with Gasteiger partial charge in [0.2, 0.25) is 0 Å². The Morgan fingerprint density at radius 2 is 1.66 bits per heavy atom. The highest BCUT2D eigenvalue weighted by atomic mass is 32.2. The Labute approximate surface area is 186 Å². The fraction of sp³-hybridized carbons (Fsp3) is 0.0435. The third-order valence-corrected chi connectivity index (χ3v) is 5.82. The molecule has 0 saturated heterocycles. The number of sulfonamides is 1. The molecule has 0 aliphatic rings. The Kier molecular flexibility index (Phi) is 6.77. The number of ether oxygens (including phenoxy) is 1. The SMILES string of the molecule is C=C(NNC(=O)c1cccc(S(=O)(=O)Nc2ccc(OC)cc2)c1)c1ccc(C#N)cc1. The van der Waals surface area contributed by atoms with Crippen molar-refractivity contribution in [2.45, 2.75) is 4.90 Å². The second-order valence-electron chi connectivity index (χ2n) is 6.61. The van der Waals surface area contributed by atoms with Crippen molar-refractivity contribution in [3.63, 3.8) is 0 Å². The molecule has 3 aromatic rings. The average molecular weight is 449 g/mol. The lowest BCUT2D eigenvalue weighted by atomic mass is 10.1. The molecule has 0 radical (unpaired) electrons. The van der Waals surface area contributed by atoms with Crippen LogP contribution in [0.2, 0.25) is 0 Å². The van der Waals surface area contributed by atoms with Gasteiger partial charge in [0.1, 0.15) is 5.75 Å². The van der Waals surface area contributed by atoms with Crippen LogP contribution in [0.4, 0.5) is 5.69 Å². The zero-order chi connectivity index (χ0) is 23.1. The van der Waals surface area contributed by atoms with Crippen LogP contribution >= 0.6 is 0 Å². The number of nitrogens with one attached hydrogen (secondary N) is 3. The Balaban J connectivity index is 1.67. The molecule has 1 amide bonds. The Hall–Kier alpha value is -4.29. The number of hydrogen-bond donors (Lipinski definition) is 3. The molecular formula is C23H20N4O4S. The maximum atomic E-state index is 12.7. The highest BCUT2D eigenvalue weighted by molar-refractivity contribution is 7.92. The molecule has 3 aromatic carbocycles. The lowest BCUT2D eigenvalue weighted by Crippen LogP contribution is -2.35. The van der Waals surface area contributed by atoms with E-state index in [2.05, 4.69) is 22.2 Å². The van der Waals surface area contributed by atoms with E-state index >= 15 is 0 Å². The minimum absolute atomic E-state index is 0.0631. The largest absolute Gasteiger partial charge is 0.497 e. The number of amides is 1. The van der Waals surface area contributed by atoms with Gasteiger partial charge in [-0.3, -0.25) is 20.4 Å². The summed E-state index contributed by atoms with van der Waals surface area (Å²) in [7, 11) is -2.39. The fourth-order valence-corrected chi connectivity index (χ4v) is 3.80. The van der Waals surface area contributed by atoms with Gasteiger partial charge in [-0.05, 0) is 60.2 Å². The number of carbonyl (C=O) groups is 1. The third kappa shape index (κ3) is 5.44. The summed E-state index contributed by atoms with van der Waals surface area (Å²) in [6.07, 6.45) is 0. The minimum Gasteiger partial charge on any atom is -0.497 e. The summed E-state index contributed by atoms with van der Waals surface area (Å²) in [5.41, 5.74) is 7.28. The van der Waals surface area contributed by atoms with Crippen LogP contribution in [-0.4, -0.2) is 21.4 Å². The van der Waals surface area contributed by atoms with E-state index in [0.717, 1.165) is 0 Å². The predicted octanol–water partition coefficient (Wildman–Crippen LogP) is 3.27. The summed E-state index contributed by atoms with van der Waals surface area (Å²) in [5.74, 6) is 0.0583. The number of nitriles is 1. The predicted molar refractivity (Wildman–Crippen MR) is 121 cm³/mol. The van der Waals surface area contributed by atoms with Crippen molar-refractivity contribution in [2.24, 2.45) is 0 Å². The van der Waals surface area contributed by atoms with Gasteiger partial charge >= 0.3 is 0 Å². The fourth-order valence-electron chi connectivity index (χ4n) is 2.70. The van der Waals surface area contributed by atoms with Gasteiger partial charge in [0.05, 0.1) is 29.3 Å². The van der Waals surface area contributed by atoms with Crippen molar-refractivity contribution in [2.75, 3.05) is 11.8 Å². The molecule has 0 saturated carbocycles. The van der Waals surface area contributed by atoms with Gasteiger partial charge in [-0.15, -0.1) is 0 Å². The van der Waals surface area contributed by atoms with E-state index in [9.17, 15) is 13.2 Å². The van der Waals surface area contributed by atoms with E-state index in [1.165, 1.54) is 31.4 Å². The molecule has 0 bridgehead atoms. The van der Waals surface area contributed by atoms with Crippen LogP contribution in [0.5, 0.6) is 5.75 Å². The molecule has 0 aromatic heterocycles. The number of benzene rings is 3. The minimum atomic E-state index is -3.90. The number of carbonyl (C=O) groups excluding carboxylic acids is 1. The van der Waals surface area contributed by atoms with Crippen molar-refractivity contribution in [1.29, 1.82) is 5.26 Å². The maximum Gasteiger partial charge on any atom is 0.269 e. The van der Waals surface area contributed by atoms with E-state index in [1.54, 1.807) is 48.5 Å². The van der Waals surface area contributed by atoms with Crippen molar-refractivity contribution in [1.82, 2.24) is 10.9 Å². The first-order valence-corrected chi connectivity index (χ1v) is 10.8. The molecule has 162 valence electrons.